The molecule has 3 heteroatoms. The lowest BCUT2D eigenvalue weighted by molar-refractivity contribution is 0.470. The number of fused-ring (bicyclic) bond motifs is 2. The highest BCUT2D eigenvalue weighted by atomic mass is 35.5. The minimum absolute atomic E-state index is 0.373. The molecule has 86 valence electrons. The van der Waals surface area contributed by atoms with Gasteiger partial charge in [0.15, 0.2) is 0 Å². The Hall–Kier alpha value is -0.760. The second-order valence-corrected chi connectivity index (χ2v) is 5.62. The second kappa shape index (κ2) is 3.92. The number of aryl methyl sites for hydroxylation is 1. The number of piperidine rings is 1. The minimum Gasteiger partial charge on any atom is -0.350 e. The Labute approximate surface area is 102 Å². The van der Waals surface area contributed by atoms with Crippen LogP contribution in [-0.4, -0.2) is 22.4 Å². The Morgan fingerprint density at radius 2 is 2.00 bits per heavy atom. The van der Waals surface area contributed by atoms with Crippen LogP contribution in [0.15, 0.2) is 18.3 Å². The molecule has 0 N–H and O–H groups in total. The number of hydrogen-bond donors (Lipinski definition) is 0. The third kappa shape index (κ3) is 1.60. The number of rotatable bonds is 1. The molecular formula is C13H17ClN2. The van der Waals surface area contributed by atoms with Gasteiger partial charge in [0.05, 0.1) is 0 Å². The van der Waals surface area contributed by atoms with E-state index in [2.05, 4.69) is 22.9 Å². The summed E-state index contributed by atoms with van der Waals surface area (Å²) in [5, 5.41) is 0.373. The van der Waals surface area contributed by atoms with Crippen molar-refractivity contribution < 1.29 is 0 Å². The van der Waals surface area contributed by atoms with Crippen molar-refractivity contribution in [3.63, 3.8) is 0 Å². The van der Waals surface area contributed by atoms with Crippen LogP contribution in [0.3, 0.4) is 0 Å². The lowest BCUT2D eigenvalue weighted by Gasteiger charge is -2.38. The fourth-order valence-electron chi connectivity index (χ4n) is 3.20. The molecule has 2 bridgehead atoms. The molecule has 2 atom stereocenters. The highest BCUT2D eigenvalue weighted by molar-refractivity contribution is 6.20. The molecule has 2 nitrogen and oxygen atoms in total. The van der Waals surface area contributed by atoms with Crippen molar-refractivity contribution in [2.45, 2.75) is 50.1 Å². The van der Waals surface area contributed by atoms with Crippen molar-refractivity contribution >= 4 is 17.4 Å². The fraction of sp³-hybridized carbons (Fsp3) is 0.615. The standard InChI is InChI=1S/C13H17ClN2/c1-9-3-2-6-15-13(9)16-11-4-5-12(16)8-10(14)7-11/h2-3,6,10-12H,4-5,7-8H2,1H3. The molecule has 2 unspecified atom stereocenters. The van der Waals surface area contributed by atoms with E-state index in [0.29, 0.717) is 17.5 Å². The fourth-order valence-corrected chi connectivity index (χ4v) is 3.62. The van der Waals surface area contributed by atoms with Gasteiger partial charge in [-0.2, -0.15) is 0 Å². The summed E-state index contributed by atoms with van der Waals surface area (Å²) in [6.45, 7) is 2.15. The molecule has 0 aliphatic carbocycles. The monoisotopic (exact) mass is 236 g/mol. The zero-order chi connectivity index (χ0) is 11.1. The lowest BCUT2D eigenvalue weighted by Crippen LogP contribution is -2.44. The number of hydrogen-bond acceptors (Lipinski definition) is 2. The number of nitrogens with zero attached hydrogens (tertiary/aromatic N) is 2. The Morgan fingerprint density at radius 3 is 2.62 bits per heavy atom. The van der Waals surface area contributed by atoms with Crippen LogP contribution in [0.1, 0.15) is 31.2 Å². The zero-order valence-corrected chi connectivity index (χ0v) is 10.3. The topological polar surface area (TPSA) is 16.1 Å². The Bertz CT molecular complexity index is 379. The first-order valence-corrected chi connectivity index (χ1v) is 6.53. The van der Waals surface area contributed by atoms with Gasteiger partial charge < -0.3 is 4.90 Å². The molecule has 1 aromatic heterocycles. The van der Waals surface area contributed by atoms with E-state index in [9.17, 15) is 0 Å². The van der Waals surface area contributed by atoms with Gasteiger partial charge >= 0.3 is 0 Å². The van der Waals surface area contributed by atoms with E-state index in [1.807, 2.05) is 12.3 Å². The summed E-state index contributed by atoms with van der Waals surface area (Å²) in [5.41, 5.74) is 1.28. The van der Waals surface area contributed by atoms with Crippen LogP contribution in [0.2, 0.25) is 0 Å². The van der Waals surface area contributed by atoms with Crippen LogP contribution >= 0.6 is 11.6 Å². The van der Waals surface area contributed by atoms with E-state index in [-0.39, 0.29) is 0 Å². The van der Waals surface area contributed by atoms with E-state index >= 15 is 0 Å². The van der Waals surface area contributed by atoms with Crippen LogP contribution in [0.25, 0.3) is 0 Å². The molecule has 3 rings (SSSR count). The smallest absolute Gasteiger partial charge is 0.131 e. The first-order valence-electron chi connectivity index (χ1n) is 6.09. The third-order valence-electron chi connectivity index (χ3n) is 3.90. The Morgan fingerprint density at radius 1 is 1.31 bits per heavy atom. The first kappa shape index (κ1) is 10.4. The molecule has 2 aliphatic heterocycles. The maximum absolute atomic E-state index is 6.29. The first-order chi connectivity index (χ1) is 7.75. The highest BCUT2D eigenvalue weighted by Gasteiger charge is 2.41. The average Bonchev–Trinajstić information content (AvgIpc) is 2.53. The Balaban J connectivity index is 1.94. The van der Waals surface area contributed by atoms with E-state index in [4.69, 9.17) is 11.6 Å². The van der Waals surface area contributed by atoms with Crippen LogP contribution < -0.4 is 4.90 Å². The average molecular weight is 237 g/mol. The molecule has 0 spiro atoms. The summed E-state index contributed by atoms with van der Waals surface area (Å²) in [6, 6.07) is 5.40. The van der Waals surface area contributed by atoms with E-state index in [0.717, 1.165) is 12.8 Å². The maximum atomic E-state index is 6.29. The van der Waals surface area contributed by atoms with Gasteiger partial charge in [-0.05, 0) is 44.2 Å². The lowest BCUT2D eigenvalue weighted by atomic mass is 10.0. The molecule has 0 aromatic carbocycles. The predicted molar refractivity (Wildman–Crippen MR) is 67.1 cm³/mol. The van der Waals surface area contributed by atoms with Crippen molar-refractivity contribution in [1.29, 1.82) is 0 Å². The summed E-state index contributed by atoms with van der Waals surface area (Å²) in [4.78, 5) is 7.07. The Kier molecular flexibility index (Phi) is 2.55. The molecular weight excluding hydrogens is 220 g/mol. The summed E-state index contributed by atoms with van der Waals surface area (Å²) in [5.74, 6) is 1.18. The normalized spacial score (nSPS) is 33.1. The van der Waals surface area contributed by atoms with Crippen molar-refractivity contribution in [1.82, 2.24) is 4.98 Å². The largest absolute Gasteiger partial charge is 0.350 e. The summed E-state index contributed by atoms with van der Waals surface area (Å²) < 4.78 is 0. The molecule has 0 radical (unpaired) electrons. The van der Waals surface area contributed by atoms with Crippen LogP contribution in [0.5, 0.6) is 0 Å². The van der Waals surface area contributed by atoms with Crippen molar-refractivity contribution in [3.8, 4) is 0 Å². The number of halogens is 1. The third-order valence-corrected chi connectivity index (χ3v) is 4.26. The van der Waals surface area contributed by atoms with Gasteiger partial charge in [-0.15, -0.1) is 11.6 Å². The molecule has 0 saturated carbocycles. The number of alkyl halides is 1. The minimum atomic E-state index is 0.373. The molecule has 3 heterocycles. The van der Waals surface area contributed by atoms with Gasteiger partial charge in [-0.25, -0.2) is 4.98 Å². The summed E-state index contributed by atoms with van der Waals surface area (Å²) in [6.07, 6.45) is 6.70. The number of pyridine rings is 1. The van der Waals surface area contributed by atoms with Gasteiger partial charge in [0, 0.05) is 23.7 Å². The van der Waals surface area contributed by atoms with Gasteiger partial charge in [0.2, 0.25) is 0 Å². The predicted octanol–water partition coefficient (Wildman–Crippen LogP) is 3.13. The molecule has 0 amide bonds. The van der Waals surface area contributed by atoms with Gasteiger partial charge in [0.25, 0.3) is 0 Å². The van der Waals surface area contributed by atoms with E-state index in [1.165, 1.54) is 24.2 Å². The van der Waals surface area contributed by atoms with Crippen LogP contribution in [-0.2, 0) is 0 Å². The highest BCUT2D eigenvalue weighted by Crippen LogP contribution is 2.40. The summed E-state index contributed by atoms with van der Waals surface area (Å²) >= 11 is 6.29. The molecule has 1 aromatic rings. The maximum Gasteiger partial charge on any atom is 0.131 e. The van der Waals surface area contributed by atoms with E-state index < -0.39 is 0 Å². The van der Waals surface area contributed by atoms with Crippen LogP contribution in [0, 0.1) is 6.92 Å². The SMILES string of the molecule is Cc1cccnc1N1C2CCC1CC(Cl)C2. The van der Waals surface area contributed by atoms with E-state index in [1.54, 1.807) is 0 Å². The molecule has 2 aliphatic rings. The summed E-state index contributed by atoms with van der Waals surface area (Å²) in [7, 11) is 0. The van der Waals surface area contributed by atoms with Crippen molar-refractivity contribution in [3.05, 3.63) is 23.9 Å². The number of aromatic nitrogens is 1. The van der Waals surface area contributed by atoms with Gasteiger partial charge in [0.1, 0.15) is 5.82 Å². The van der Waals surface area contributed by atoms with Crippen molar-refractivity contribution in [2.24, 2.45) is 0 Å². The quantitative estimate of drug-likeness (QED) is 0.697. The molecule has 16 heavy (non-hydrogen) atoms. The van der Waals surface area contributed by atoms with Crippen LogP contribution in [0.4, 0.5) is 5.82 Å². The van der Waals surface area contributed by atoms with Gasteiger partial charge in [-0.3, -0.25) is 0 Å². The van der Waals surface area contributed by atoms with Crippen molar-refractivity contribution in [2.75, 3.05) is 4.90 Å². The molecule has 2 saturated heterocycles. The molecule has 2 fully saturated rings. The second-order valence-electron chi connectivity index (χ2n) is 5.00. The number of anilines is 1. The zero-order valence-electron chi connectivity index (χ0n) is 9.56. The van der Waals surface area contributed by atoms with Gasteiger partial charge in [-0.1, -0.05) is 6.07 Å².